The number of methoxy groups -OCH3 is 1. The predicted molar refractivity (Wildman–Crippen MR) is 69.9 cm³/mol. The van der Waals surface area contributed by atoms with Crippen LogP contribution in [0.1, 0.15) is 13.8 Å². The van der Waals surface area contributed by atoms with Gasteiger partial charge in [-0.25, -0.2) is 4.98 Å². The fraction of sp³-hybridized carbons (Fsp3) is 0.545. The molecule has 0 aromatic carbocycles. The molecule has 0 amide bonds. The van der Waals surface area contributed by atoms with Crippen LogP contribution in [0.2, 0.25) is 0 Å². The summed E-state index contributed by atoms with van der Waals surface area (Å²) < 4.78 is 4.84. The molecule has 1 heterocycles. The second-order valence-corrected chi connectivity index (χ2v) is 4.48. The first-order chi connectivity index (χ1) is 9.36. The van der Waals surface area contributed by atoms with Crippen LogP contribution in [0.4, 0.5) is 11.5 Å². The molecule has 0 aliphatic rings. The summed E-state index contributed by atoms with van der Waals surface area (Å²) in [5, 5.41) is 20.1. The van der Waals surface area contributed by atoms with Gasteiger partial charge in [0, 0.05) is 6.54 Å². The predicted octanol–water partition coefficient (Wildman–Crippen LogP) is 0.940. The van der Waals surface area contributed by atoms with Gasteiger partial charge < -0.3 is 14.7 Å². The van der Waals surface area contributed by atoms with Crippen LogP contribution in [-0.4, -0.2) is 46.2 Å². The summed E-state index contributed by atoms with van der Waals surface area (Å²) in [6.45, 7) is 3.67. The second-order valence-electron chi connectivity index (χ2n) is 4.48. The lowest BCUT2D eigenvalue weighted by Gasteiger charge is -2.23. The molecule has 20 heavy (non-hydrogen) atoms. The smallest absolute Gasteiger partial charge is 0.372 e. The number of ether oxygens (including phenoxy) is 1. The highest BCUT2D eigenvalue weighted by Crippen LogP contribution is 2.33. The van der Waals surface area contributed by atoms with E-state index < -0.39 is 16.6 Å². The lowest BCUT2D eigenvalue weighted by atomic mass is 10.2. The van der Waals surface area contributed by atoms with E-state index in [2.05, 4.69) is 9.97 Å². The Hall–Kier alpha value is -2.45. The number of rotatable bonds is 7. The third-order valence-corrected chi connectivity index (χ3v) is 2.36. The van der Waals surface area contributed by atoms with Crippen molar-refractivity contribution < 1.29 is 19.6 Å². The second kappa shape index (κ2) is 6.64. The molecule has 9 heteroatoms. The van der Waals surface area contributed by atoms with Crippen molar-refractivity contribution in [3.8, 4) is 5.88 Å². The van der Waals surface area contributed by atoms with Gasteiger partial charge in [0.2, 0.25) is 5.82 Å². The molecule has 1 aromatic heterocycles. The zero-order chi connectivity index (χ0) is 15.3. The summed E-state index contributed by atoms with van der Waals surface area (Å²) in [4.78, 5) is 30.2. The normalized spacial score (nSPS) is 10.4. The maximum absolute atomic E-state index is 11.1. The number of nitro groups is 1. The Morgan fingerprint density at radius 2 is 2.20 bits per heavy atom. The molecule has 1 aromatic rings. The van der Waals surface area contributed by atoms with E-state index in [0.717, 1.165) is 6.33 Å². The molecule has 0 saturated heterocycles. The van der Waals surface area contributed by atoms with Crippen LogP contribution in [0.5, 0.6) is 5.88 Å². The van der Waals surface area contributed by atoms with E-state index in [1.54, 1.807) is 0 Å². The van der Waals surface area contributed by atoms with Crippen molar-refractivity contribution in [3.05, 3.63) is 16.4 Å². The average Bonchev–Trinajstić information content (AvgIpc) is 2.35. The van der Waals surface area contributed by atoms with Gasteiger partial charge in [0.05, 0.1) is 12.0 Å². The van der Waals surface area contributed by atoms with Crippen LogP contribution >= 0.6 is 0 Å². The monoisotopic (exact) mass is 284 g/mol. The number of hydrogen-bond donors (Lipinski definition) is 1. The number of anilines is 1. The number of nitrogens with zero attached hydrogens (tertiary/aromatic N) is 4. The van der Waals surface area contributed by atoms with Crippen molar-refractivity contribution >= 4 is 17.5 Å². The van der Waals surface area contributed by atoms with Gasteiger partial charge in [-0.3, -0.25) is 14.9 Å². The van der Waals surface area contributed by atoms with E-state index in [0.29, 0.717) is 6.54 Å². The average molecular weight is 284 g/mol. The Morgan fingerprint density at radius 3 is 2.65 bits per heavy atom. The lowest BCUT2D eigenvalue weighted by Crippen LogP contribution is -2.34. The third-order valence-electron chi connectivity index (χ3n) is 2.36. The number of carboxylic acids is 1. The Kier molecular flexibility index (Phi) is 5.18. The van der Waals surface area contributed by atoms with Gasteiger partial charge in [0.15, 0.2) is 0 Å². The highest BCUT2D eigenvalue weighted by Gasteiger charge is 2.29. The van der Waals surface area contributed by atoms with Crippen molar-refractivity contribution in [3.63, 3.8) is 0 Å². The number of aliphatic carboxylic acids is 1. The molecule has 0 fully saturated rings. The van der Waals surface area contributed by atoms with Gasteiger partial charge in [-0.2, -0.15) is 4.98 Å². The molecule has 1 N–H and O–H groups in total. The molecule has 0 unspecified atom stereocenters. The van der Waals surface area contributed by atoms with E-state index in [4.69, 9.17) is 9.84 Å². The Morgan fingerprint density at radius 1 is 1.55 bits per heavy atom. The minimum atomic E-state index is -1.10. The minimum Gasteiger partial charge on any atom is -0.480 e. The first-order valence-corrected chi connectivity index (χ1v) is 5.87. The summed E-state index contributed by atoms with van der Waals surface area (Å²) in [7, 11) is 1.25. The quantitative estimate of drug-likeness (QED) is 0.580. The van der Waals surface area contributed by atoms with Gasteiger partial charge in [0.1, 0.15) is 12.9 Å². The summed E-state index contributed by atoms with van der Waals surface area (Å²) in [6.07, 6.45) is 1.11. The summed E-state index contributed by atoms with van der Waals surface area (Å²) in [6, 6.07) is 0. The minimum absolute atomic E-state index is 0.0575. The van der Waals surface area contributed by atoms with Crippen LogP contribution < -0.4 is 9.64 Å². The first kappa shape index (κ1) is 15.6. The van der Waals surface area contributed by atoms with E-state index in [1.165, 1.54) is 12.0 Å². The lowest BCUT2D eigenvalue weighted by molar-refractivity contribution is -0.385. The molecule has 0 aliphatic heterocycles. The molecule has 0 radical (unpaired) electrons. The van der Waals surface area contributed by atoms with Crippen LogP contribution in [0.3, 0.4) is 0 Å². The molecule has 0 saturated carbocycles. The van der Waals surface area contributed by atoms with Crippen LogP contribution in [0.25, 0.3) is 0 Å². The van der Waals surface area contributed by atoms with Crippen molar-refractivity contribution in [2.24, 2.45) is 5.92 Å². The Balaban J connectivity index is 3.30. The largest absolute Gasteiger partial charge is 0.480 e. The standard InChI is InChI=1S/C11H16N4O5/c1-7(2)4-14(5-8(16)17)10-9(15(18)19)11(20-3)13-6-12-10/h6-7H,4-5H2,1-3H3,(H,16,17). The molecule has 1 rings (SSSR count). The van der Waals surface area contributed by atoms with Gasteiger partial charge >= 0.3 is 11.7 Å². The summed E-state index contributed by atoms with van der Waals surface area (Å²) >= 11 is 0. The first-order valence-electron chi connectivity index (χ1n) is 5.87. The Bertz CT molecular complexity index is 506. The van der Waals surface area contributed by atoms with Gasteiger partial charge in [-0.15, -0.1) is 0 Å². The summed E-state index contributed by atoms with van der Waals surface area (Å²) in [5.74, 6) is -1.25. The van der Waals surface area contributed by atoms with Crippen LogP contribution in [-0.2, 0) is 4.79 Å². The molecular formula is C11H16N4O5. The fourth-order valence-corrected chi connectivity index (χ4v) is 1.72. The molecule has 0 aliphatic carbocycles. The number of carboxylic acid groups (broad SMARTS) is 1. The number of carbonyl (C=O) groups is 1. The van der Waals surface area contributed by atoms with Crippen molar-refractivity contribution in [2.45, 2.75) is 13.8 Å². The highest BCUT2D eigenvalue weighted by atomic mass is 16.6. The van der Waals surface area contributed by atoms with Gasteiger partial charge in [0.25, 0.3) is 5.88 Å². The van der Waals surface area contributed by atoms with E-state index in [1.807, 2.05) is 13.8 Å². The third kappa shape index (κ3) is 3.77. The van der Waals surface area contributed by atoms with Crippen LogP contribution in [0.15, 0.2) is 6.33 Å². The van der Waals surface area contributed by atoms with Crippen molar-refractivity contribution in [1.29, 1.82) is 0 Å². The van der Waals surface area contributed by atoms with Crippen LogP contribution in [0, 0.1) is 16.0 Å². The van der Waals surface area contributed by atoms with Gasteiger partial charge in [-0.1, -0.05) is 13.8 Å². The van der Waals surface area contributed by atoms with Crippen molar-refractivity contribution in [2.75, 3.05) is 25.1 Å². The zero-order valence-corrected chi connectivity index (χ0v) is 11.4. The van der Waals surface area contributed by atoms with Gasteiger partial charge in [-0.05, 0) is 5.92 Å². The van der Waals surface area contributed by atoms with Crippen molar-refractivity contribution in [1.82, 2.24) is 9.97 Å². The molecule has 0 atom stereocenters. The zero-order valence-electron chi connectivity index (χ0n) is 11.4. The SMILES string of the molecule is COc1ncnc(N(CC(=O)O)CC(C)C)c1[N+](=O)[O-]. The van der Waals surface area contributed by atoms with E-state index in [-0.39, 0.29) is 24.2 Å². The molecular weight excluding hydrogens is 268 g/mol. The topological polar surface area (TPSA) is 119 Å². The highest BCUT2D eigenvalue weighted by molar-refractivity contribution is 5.75. The molecule has 110 valence electrons. The molecule has 0 spiro atoms. The summed E-state index contributed by atoms with van der Waals surface area (Å²) in [5.41, 5.74) is -0.433. The number of hydrogen-bond acceptors (Lipinski definition) is 7. The van der Waals surface area contributed by atoms with E-state index >= 15 is 0 Å². The number of aromatic nitrogens is 2. The fourth-order valence-electron chi connectivity index (χ4n) is 1.72. The maximum atomic E-state index is 11.1. The van der Waals surface area contributed by atoms with E-state index in [9.17, 15) is 14.9 Å². The molecule has 9 nitrogen and oxygen atoms in total. The Labute approximate surface area is 115 Å². The molecule has 0 bridgehead atoms. The maximum Gasteiger partial charge on any atom is 0.372 e.